The van der Waals surface area contributed by atoms with Gasteiger partial charge in [0.1, 0.15) is 5.65 Å². The van der Waals surface area contributed by atoms with Gasteiger partial charge < -0.3 is 9.64 Å². The van der Waals surface area contributed by atoms with Crippen LogP contribution < -0.4 is 11.2 Å². The highest BCUT2D eigenvalue weighted by molar-refractivity contribution is 5.74. The zero-order valence-corrected chi connectivity index (χ0v) is 18.3. The molecule has 0 amide bonds. The molecule has 3 heterocycles. The maximum Gasteiger partial charge on any atom is 0.332 e. The molecule has 0 N–H and O–H groups in total. The average Bonchev–Trinajstić information content (AvgIpc) is 2.82. The predicted molar refractivity (Wildman–Crippen MR) is 122 cm³/mol. The minimum Gasteiger partial charge on any atom is -0.383 e. The molecule has 0 aliphatic carbocycles. The first-order valence-electron chi connectivity index (χ1n) is 10.9. The summed E-state index contributed by atoms with van der Waals surface area (Å²) in [5, 5.41) is 0.471. The largest absolute Gasteiger partial charge is 0.383 e. The standard InChI is InChI=1S/C24H30N4O3/c1-26-23(29)20-10-11-21(25-22(20)28(24(26)30)15-16-31-2)19-9-6-13-27(17-19)14-12-18-7-4-3-5-8-18/h3-5,7-8,10-11,19H,6,9,12-17H2,1-2H3/t19-/m1/s1. The highest BCUT2D eigenvalue weighted by atomic mass is 16.5. The monoisotopic (exact) mass is 422 g/mol. The van der Waals surface area contributed by atoms with Gasteiger partial charge in [-0.25, -0.2) is 9.78 Å². The van der Waals surface area contributed by atoms with Crippen molar-refractivity contribution in [2.24, 2.45) is 7.05 Å². The van der Waals surface area contributed by atoms with Gasteiger partial charge in [0.2, 0.25) is 0 Å². The van der Waals surface area contributed by atoms with Crippen molar-refractivity contribution < 1.29 is 4.74 Å². The summed E-state index contributed by atoms with van der Waals surface area (Å²) >= 11 is 0. The minimum absolute atomic E-state index is 0.295. The van der Waals surface area contributed by atoms with Crippen molar-refractivity contribution in [2.75, 3.05) is 33.4 Å². The van der Waals surface area contributed by atoms with E-state index in [2.05, 4.69) is 29.2 Å². The van der Waals surface area contributed by atoms with Crippen molar-refractivity contribution in [3.05, 3.63) is 74.6 Å². The van der Waals surface area contributed by atoms with Crippen molar-refractivity contribution in [1.29, 1.82) is 0 Å². The molecule has 164 valence electrons. The molecule has 1 aromatic carbocycles. The molecular weight excluding hydrogens is 392 g/mol. The molecule has 1 aliphatic heterocycles. The summed E-state index contributed by atoms with van der Waals surface area (Å²) in [5.41, 5.74) is 2.11. The summed E-state index contributed by atoms with van der Waals surface area (Å²) in [6.07, 6.45) is 3.21. The summed E-state index contributed by atoms with van der Waals surface area (Å²) in [7, 11) is 3.10. The third kappa shape index (κ3) is 4.62. The number of aromatic nitrogens is 3. The molecule has 3 aromatic rings. The summed E-state index contributed by atoms with van der Waals surface area (Å²) < 4.78 is 7.86. The van der Waals surface area contributed by atoms with E-state index in [1.807, 2.05) is 18.2 Å². The van der Waals surface area contributed by atoms with Gasteiger partial charge in [-0.2, -0.15) is 0 Å². The maximum atomic E-state index is 12.7. The third-order valence-corrected chi connectivity index (χ3v) is 6.21. The fraction of sp³-hybridized carbons (Fsp3) is 0.458. The van der Waals surface area contributed by atoms with Crippen LogP contribution in [0.2, 0.25) is 0 Å². The first-order chi connectivity index (χ1) is 15.1. The van der Waals surface area contributed by atoms with Crippen LogP contribution in [0.3, 0.4) is 0 Å². The second-order valence-electron chi connectivity index (χ2n) is 8.27. The number of pyridine rings is 1. The van der Waals surface area contributed by atoms with Crippen LogP contribution in [-0.4, -0.2) is 52.4 Å². The Morgan fingerprint density at radius 1 is 1.10 bits per heavy atom. The van der Waals surface area contributed by atoms with E-state index in [1.54, 1.807) is 11.7 Å². The molecule has 1 aliphatic rings. The molecule has 2 aromatic heterocycles. The molecule has 0 saturated carbocycles. The third-order valence-electron chi connectivity index (χ3n) is 6.21. The molecule has 7 nitrogen and oxygen atoms in total. The number of rotatable bonds is 7. The fourth-order valence-electron chi connectivity index (χ4n) is 4.42. The van der Waals surface area contributed by atoms with Crippen LogP contribution in [-0.2, 0) is 24.8 Å². The second kappa shape index (κ2) is 9.58. The number of likely N-dealkylation sites (tertiary alicyclic amines) is 1. The maximum absolute atomic E-state index is 12.7. The molecule has 1 fully saturated rings. The van der Waals surface area contributed by atoms with E-state index >= 15 is 0 Å². The van der Waals surface area contributed by atoms with Crippen molar-refractivity contribution in [3.8, 4) is 0 Å². The highest BCUT2D eigenvalue weighted by Crippen LogP contribution is 2.26. The lowest BCUT2D eigenvalue weighted by molar-refractivity contribution is 0.186. The Kier molecular flexibility index (Phi) is 6.63. The van der Waals surface area contributed by atoms with E-state index < -0.39 is 0 Å². The van der Waals surface area contributed by atoms with Crippen LogP contribution in [0.15, 0.2) is 52.1 Å². The first kappa shape index (κ1) is 21.5. The number of fused-ring (bicyclic) bond motifs is 1. The van der Waals surface area contributed by atoms with Crippen LogP contribution >= 0.6 is 0 Å². The minimum atomic E-state index is -0.354. The Morgan fingerprint density at radius 2 is 1.90 bits per heavy atom. The molecule has 1 saturated heterocycles. The van der Waals surface area contributed by atoms with E-state index in [9.17, 15) is 9.59 Å². The zero-order chi connectivity index (χ0) is 21.8. The van der Waals surface area contributed by atoms with Crippen molar-refractivity contribution in [3.63, 3.8) is 0 Å². The number of benzene rings is 1. The molecular formula is C24H30N4O3. The lowest BCUT2D eigenvalue weighted by atomic mass is 9.93. The lowest BCUT2D eigenvalue weighted by Gasteiger charge is -2.32. The molecule has 31 heavy (non-hydrogen) atoms. The normalized spacial score (nSPS) is 17.3. The Labute approximate surface area is 181 Å². The first-order valence-corrected chi connectivity index (χ1v) is 10.9. The molecule has 4 rings (SSSR count). The van der Waals surface area contributed by atoms with E-state index in [0.717, 1.165) is 49.2 Å². The van der Waals surface area contributed by atoms with Gasteiger partial charge in [0, 0.05) is 38.9 Å². The summed E-state index contributed by atoms with van der Waals surface area (Å²) in [6.45, 7) is 3.81. The molecule has 0 bridgehead atoms. The van der Waals surface area contributed by atoms with E-state index in [1.165, 1.54) is 12.6 Å². The lowest BCUT2D eigenvalue weighted by Crippen LogP contribution is -2.39. The Hall–Kier alpha value is -2.77. The van der Waals surface area contributed by atoms with Gasteiger partial charge >= 0.3 is 5.69 Å². The van der Waals surface area contributed by atoms with E-state index in [-0.39, 0.29) is 11.2 Å². The predicted octanol–water partition coefficient (Wildman–Crippen LogP) is 2.16. The van der Waals surface area contributed by atoms with Crippen LogP contribution in [0.4, 0.5) is 0 Å². The quantitative estimate of drug-likeness (QED) is 0.584. The second-order valence-corrected chi connectivity index (χ2v) is 8.27. The number of piperidine rings is 1. The smallest absolute Gasteiger partial charge is 0.332 e. The van der Waals surface area contributed by atoms with Gasteiger partial charge in [0.25, 0.3) is 5.56 Å². The van der Waals surface area contributed by atoms with Crippen LogP contribution in [0, 0.1) is 0 Å². The molecule has 0 radical (unpaired) electrons. The van der Waals surface area contributed by atoms with Gasteiger partial charge in [-0.05, 0) is 43.5 Å². The Balaban J connectivity index is 1.59. The van der Waals surface area contributed by atoms with Gasteiger partial charge in [0.15, 0.2) is 0 Å². The Morgan fingerprint density at radius 3 is 2.68 bits per heavy atom. The summed E-state index contributed by atoms with van der Waals surface area (Å²) in [6, 6.07) is 14.3. The van der Waals surface area contributed by atoms with Gasteiger partial charge in [-0.1, -0.05) is 30.3 Å². The highest BCUT2D eigenvalue weighted by Gasteiger charge is 2.23. The fourth-order valence-corrected chi connectivity index (χ4v) is 4.42. The van der Waals surface area contributed by atoms with Gasteiger partial charge in [-0.3, -0.25) is 13.9 Å². The molecule has 0 unspecified atom stereocenters. The molecule has 7 heteroatoms. The molecule has 1 atom stereocenters. The van der Waals surface area contributed by atoms with Crippen molar-refractivity contribution >= 4 is 11.0 Å². The Bertz CT molecular complexity index is 1150. The van der Waals surface area contributed by atoms with Crippen LogP contribution in [0.1, 0.15) is 30.0 Å². The van der Waals surface area contributed by atoms with Crippen LogP contribution in [0.5, 0.6) is 0 Å². The summed E-state index contributed by atoms with van der Waals surface area (Å²) in [4.78, 5) is 32.6. The SMILES string of the molecule is COCCn1c(=O)n(C)c(=O)c2ccc([C@@H]3CCCN(CCc4ccccc4)C3)nc21. The van der Waals surface area contributed by atoms with Gasteiger partial charge in [0.05, 0.1) is 18.5 Å². The van der Waals surface area contributed by atoms with Crippen molar-refractivity contribution in [1.82, 2.24) is 19.0 Å². The molecule has 0 spiro atoms. The number of hydrogen-bond acceptors (Lipinski definition) is 5. The van der Waals surface area contributed by atoms with E-state index in [0.29, 0.717) is 30.1 Å². The topological polar surface area (TPSA) is 69.4 Å². The van der Waals surface area contributed by atoms with E-state index in [4.69, 9.17) is 9.72 Å². The van der Waals surface area contributed by atoms with Gasteiger partial charge in [-0.15, -0.1) is 0 Å². The average molecular weight is 423 g/mol. The number of hydrogen-bond donors (Lipinski definition) is 0. The number of nitrogens with zero attached hydrogens (tertiary/aromatic N) is 4. The van der Waals surface area contributed by atoms with Crippen LogP contribution in [0.25, 0.3) is 11.0 Å². The zero-order valence-electron chi connectivity index (χ0n) is 18.3. The van der Waals surface area contributed by atoms with Crippen molar-refractivity contribution in [2.45, 2.75) is 31.7 Å². The summed E-state index contributed by atoms with van der Waals surface area (Å²) in [5.74, 6) is 0.295. The number of methoxy groups -OCH3 is 1. The number of ether oxygens (including phenoxy) is 1.